The van der Waals surface area contributed by atoms with E-state index < -0.39 is 11.9 Å². The number of carbonyl (C=O) groups excluding carboxylic acids is 2. The van der Waals surface area contributed by atoms with Crippen LogP contribution < -0.4 is 5.32 Å². The van der Waals surface area contributed by atoms with Crippen LogP contribution in [0.15, 0.2) is 18.3 Å². The van der Waals surface area contributed by atoms with E-state index in [1.807, 2.05) is 6.92 Å². The van der Waals surface area contributed by atoms with Crippen molar-refractivity contribution in [1.29, 1.82) is 0 Å². The third-order valence-corrected chi connectivity index (χ3v) is 2.62. The zero-order valence-electron chi connectivity index (χ0n) is 11.4. The topological polar surface area (TPSA) is 99.6 Å². The first-order chi connectivity index (χ1) is 9.49. The van der Waals surface area contributed by atoms with Gasteiger partial charge in [0.25, 0.3) is 5.91 Å². The molecule has 7 nitrogen and oxygen atoms in total. The molecule has 0 atom stereocenters. The predicted molar refractivity (Wildman–Crippen MR) is 71.5 cm³/mol. The lowest BCUT2D eigenvalue weighted by molar-refractivity contribution is -0.121. The lowest BCUT2D eigenvalue weighted by atomic mass is 10.2. The summed E-state index contributed by atoms with van der Waals surface area (Å²) in [6, 6.07) is 2.66. The maximum absolute atomic E-state index is 12.2. The second kappa shape index (κ2) is 7.22. The fourth-order valence-electron chi connectivity index (χ4n) is 1.58. The number of likely N-dealkylation sites (N-methyl/N-ethyl adjacent to an activating group) is 1. The number of amides is 2. The molecule has 2 N–H and O–H groups in total. The van der Waals surface area contributed by atoms with Crippen molar-refractivity contribution in [2.75, 3.05) is 20.1 Å². The Balaban J connectivity index is 2.88. The van der Waals surface area contributed by atoms with Crippen LogP contribution in [0.5, 0.6) is 0 Å². The molecule has 7 heteroatoms. The molecule has 0 radical (unpaired) electrons. The standard InChI is InChI=1S/C13H17N3O4/c1-3-6-16(8-11(17)14-2)12(18)10-5-4-9(7-15-10)13(19)20/h4-5,7H,3,6,8H2,1-2H3,(H,14,17)(H,19,20). The number of hydrogen-bond donors (Lipinski definition) is 2. The molecular weight excluding hydrogens is 262 g/mol. The van der Waals surface area contributed by atoms with E-state index in [4.69, 9.17) is 5.11 Å². The third kappa shape index (κ3) is 4.04. The molecule has 1 rings (SSSR count). The van der Waals surface area contributed by atoms with Crippen molar-refractivity contribution in [3.05, 3.63) is 29.6 Å². The van der Waals surface area contributed by atoms with Gasteiger partial charge in [-0.2, -0.15) is 0 Å². The number of pyridine rings is 1. The number of hydrogen-bond acceptors (Lipinski definition) is 4. The lowest BCUT2D eigenvalue weighted by Gasteiger charge is -2.20. The molecule has 1 aromatic rings. The molecule has 0 aromatic carbocycles. The summed E-state index contributed by atoms with van der Waals surface area (Å²) < 4.78 is 0. The molecule has 2 amide bonds. The second-order valence-corrected chi connectivity index (χ2v) is 4.14. The monoisotopic (exact) mass is 279 g/mol. The van der Waals surface area contributed by atoms with Crippen LogP contribution in [0.3, 0.4) is 0 Å². The van der Waals surface area contributed by atoms with Crippen LogP contribution in [0.4, 0.5) is 0 Å². The highest BCUT2D eigenvalue weighted by Crippen LogP contribution is 2.05. The number of aromatic carboxylic acids is 1. The van der Waals surface area contributed by atoms with Gasteiger partial charge >= 0.3 is 5.97 Å². The average Bonchev–Trinajstić information content (AvgIpc) is 2.46. The minimum Gasteiger partial charge on any atom is -0.478 e. The summed E-state index contributed by atoms with van der Waals surface area (Å²) in [5.74, 6) is -1.77. The van der Waals surface area contributed by atoms with Crippen molar-refractivity contribution in [3.63, 3.8) is 0 Å². The van der Waals surface area contributed by atoms with Crippen LogP contribution in [0.25, 0.3) is 0 Å². The maximum atomic E-state index is 12.2. The number of nitrogens with zero attached hydrogens (tertiary/aromatic N) is 2. The van der Waals surface area contributed by atoms with Gasteiger partial charge in [-0.05, 0) is 18.6 Å². The normalized spacial score (nSPS) is 9.90. The molecule has 0 spiro atoms. The summed E-state index contributed by atoms with van der Waals surface area (Å²) >= 11 is 0. The lowest BCUT2D eigenvalue weighted by Crippen LogP contribution is -2.40. The molecule has 0 aliphatic carbocycles. The molecular formula is C13H17N3O4. The molecule has 108 valence electrons. The van der Waals surface area contributed by atoms with E-state index in [1.165, 1.54) is 24.1 Å². The maximum Gasteiger partial charge on any atom is 0.337 e. The van der Waals surface area contributed by atoms with Crippen LogP contribution >= 0.6 is 0 Å². The van der Waals surface area contributed by atoms with Crippen molar-refractivity contribution in [1.82, 2.24) is 15.2 Å². The minimum absolute atomic E-state index is 0.00916. The Morgan fingerprint density at radius 1 is 1.35 bits per heavy atom. The average molecular weight is 279 g/mol. The fourth-order valence-corrected chi connectivity index (χ4v) is 1.58. The number of carboxylic acids is 1. The van der Waals surface area contributed by atoms with Gasteiger partial charge in [0, 0.05) is 19.8 Å². The molecule has 0 saturated carbocycles. The predicted octanol–water partition coefficient (Wildman–Crippen LogP) is 0.378. The van der Waals surface area contributed by atoms with E-state index >= 15 is 0 Å². The third-order valence-electron chi connectivity index (χ3n) is 2.62. The van der Waals surface area contributed by atoms with Crippen LogP contribution in [-0.2, 0) is 4.79 Å². The Morgan fingerprint density at radius 2 is 2.05 bits per heavy atom. The van der Waals surface area contributed by atoms with Gasteiger partial charge in [0.1, 0.15) is 5.69 Å². The van der Waals surface area contributed by atoms with Gasteiger partial charge in [-0.1, -0.05) is 6.92 Å². The largest absolute Gasteiger partial charge is 0.478 e. The minimum atomic E-state index is -1.10. The van der Waals surface area contributed by atoms with Crippen LogP contribution in [0.1, 0.15) is 34.2 Å². The van der Waals surface area contributed by atoms with Crippen molar-refractivity contribution >= 4 is 17.8 Å². The van der Waals surface area contributed by atoms with Gasteiger partial charge in [0.05, 0.1) is 12.1 Å². The molecule has 0 saturated heterocycles. The number of rotatable bonds is 6. The summed E-state index contributed by atoms with van der Waals surface area (Å²) in [5, 5.41) is 11.2. The van der Waals surface area contributed by atoms with Gasteiger partial charge in [0.15, 0.2) is 0 Å². The SMILES string of the molecule is CCCN(CC(=O)NC)C(=O)c1ccc(C(=O)O)cn1. The van der Waals surface area contributed by atoms with Crippen molar-refractivity contribution in [3.8, 4) is 0 Å². The van der Waals surface area contributed by atoms with Gasteiger partial charge in [0.2, 0.25) is 5.91 Å². The Hall–Kier alpha value is -2.44. The summed E-state index contributed by atoms with van der Waals surface area (Å²) in [7, 11) is 1.50. The van der Waals surface area contributed by atoms with Crippen LogP contribution in [0, 0.1) is 0 Å². The molecule has 1 aromatic heterocycles. The van der Waals surface area contributed by atoms with Crippen molar-refractivity contribution in [2.45, 2.75) is 13.3 Å². The van der Waals surface area contributed by atoms with Gasteiger partial charge in [-0.15, -0.1) is 0 Å². The number of carbonyl (C=O) groups is 3. The Bertz CT molecular complexity index is 499. The van der Waals surface area contributed by atoms with E-state index in [9.17, 15) is 14.4 Å². The molecule has 0 aliphatic rings. The summed E-state index contributed by atoms with van der Waals surface area (Å²) in [6.45, 7) is 2.27. The highest BCUT2D eigenvalue weighted by Gasteiger charge is 2.19. The zero-order valence-corrected chi connectivity index (χ0v) is 11.4. The quantitative estimate of drug-likeness (QED) is 0.784. The highest BCUT2D eigenvalue weighted by atomic mass is 16.4. The molecule has 0 fully saturated rings. The van der Waals surface area contributed by atoms with Crippen molar-refractivity contribution in [2.24, 2.45) is 0 Å². The van der Waals surface area contributed by atoms with Crippen LogP contribution in [-0.4, -0.2) is 52.9 Å². The van der Waals surface area contributed by atoms with Gasteiger partial charge in [-0.25, -0.2) is 4.79 Å². The molecule has 0 aliphatic heterocycles. The zero-order chi connectivity index (χ0) is 15.1. The first-order valence-corrected chi connectivity index (χ1v) is 6.18. The number of aromatic nitrogens is 1. The Kier molecular flexibility index (Phi) is 5.64. The molecule has 1 heterocycles. The van der Waals surface area contributed by atoms with E-state index in [0.717, 1.165) is 6.20 Å². The first-order valence-electron chi connectivity index (χ1n) is 6.18. The van der Waals surface area contributed by atoms with Crippen LogP contribution in [0.2, 0.25) is 0 Å². The fraction of sp³-hybridized carbons (Fsp3) is 0.385. The second-order valence-electron chi connectivity index (χ2n) is 4.14. The van der Waals surface area contributed by atoms with E-state index in [0.29, 0.717) is 13.0 Å². The van der Waals surface area contributed by atoms with E-state index in [2.05, 4.69) is 10.3 Å². The summed E-state index contributed by atoms with van der Waals surface area (Å²) in [6.07, 6.45) is 1.83. The van der Waals surface area contributed by atoms with Crippen molar-refractivity contribution < 1.29 is 19.5 Å². The van der Waals surface area contributed by atoms with Gasteiger partial charge in [-0.3, -0.25) is 14.6 Å². The Morgan fingerprint density at radius 3 is 2.50 bits per heavy atom. The molecule has 0 unspecified atom stereocenters. The highest BCUT2D eigenvalue weighted by molar-refractivity contribution is 5.95. The molecule has 0 bridgehead atoms. The number of carboxylic acid groups (broad SMARTS) is 1. The van der Waals surface area contributed by atoms with Gasteiger partial charge < -0.3 is 15.3 Å². The number of nitrogens with one attached hydrogen (secondary N) is 1. The van der Waals surface area contributed by atoms with E-state index in [-0.39, 0.29) is 23.7 Å². The Labute approximate surface area is 116 Å². The smallest absolute Gasteiger partial charge is 0.337 e. The first kappa shape index (κ1) is 15.6. The molecule has 20 heavy (non-hydrogen) atoms. The van der Waals surface area contributed by atoms with E-state index in [1.54, 1.807) is 0 Å². The summed E-state index contributed by atoms with van der Waals surface area (Å²) in [5.41, 5.74) is 0.127. The summed E-state index contributed by atoms with van der Waals surface area (Å²) in [4.78, 5) is 39.5.